The summed E-state index contributed by atoms with van der Waals surface area (Å²) in [6.45, 7) is 6.32. The zero-order valence-corrected chi connectivity index (χ0v) is 25.2. The number of hydrogen-bond acceptors (Lipinski definition) is 7. The number of carbonyl (C=O) groups excluding carboxylic acids is 2. The lowest BCUT2D eigenvalue weighted by atomic mass is 10.0. The van der Waals surface area contributed by atoms with Crippen LogP contribution in [0.5, 0.6) is 5.88 Å². The van der Waals surface area contributed by atoms with Crippen molar-refractivity contribution in [2.75, 3.05) is 70.3 Å². The van der Waals surface area contributed by atoms with Gasteiger partial charge in [0.1, 0.15) is 11.9 Å². The van der Waals surface area contributed by atoms with Gasteiger partial charge in [0, 0.05) is 81.9 Å². The lowest BCUT2D eigenvalue weighted by Gasteiger charge is -2.35. The van der Waals surface area contributed by atoms with Crippen LogP contribution in [0.4, 0.5) is 10.1 Å². The third-order valence-electron chi connectivity index (χ3n) is 8.92. The highest BCUT2D eigenvalue weighted by molar-refractivity contribution is 5.97. The van der Waals surface area contributed by atoms with Gasteiger partial charge in [-0.05, 0) is 59.6 Å². The molecule has 0 saturated carbocycles. The maximum Gasteiger partial charge on any atom is 0.255 e. The molecule has 9 nitrogen and oxygen atoms in total. The van der Waals surface area contributed by atoms with Crippen LogP contribution in [0.1, 0.15) is 27.1 Å². The van der Waals surface area contributed by atoms with E-state index < -0.39 is 5.82 Å². The van der Waals surface area contributed by atoms with Crippen molar-refractivity contribution in [3.05, 3.63) is 89.9 Å². The van der Waals surface area contributed by atoms with Crippen LogP contribution >= 0.6 is 0 Å². The van der Waals surface area contributed by atoms with Crippen LogP contribution in [-0.2, 0) is 0 Å². The van der Waals surface area contributed by atoms with Crippen molar-refractivity contribution in [1.29, 1.82) is 0 Å². The summed E-state index contributed by atoms with van der Waals surface area (Å²) in [4.78, 5) is 37.3. The molecular weight excluding hydrogens is 571 g/mol. The summed E-state index contributed by atoms with van der Waals surface area (Å²) in [6.07, 6.45) is 2.51. The number of amides is 2. The number of ether oxygens (including phenoxy) is 1. The van der Waals surface area contributed by atoms with Gasteiger partial charge in [0.2, 0.25) is 5.88 Å². The molecule has 0 bridgehead atoms. The smallest absolute Gasteiger partial charge is 0.255 e. The number of benzene rings is 3. The first-order chi connectivity index (χ1) is 22.0. The number of hydrogen-bond donors (Lipinski definition) is 2. The van der Waals surface area contributed by atoms with Crippen molar-refractivity contribution in [2.24, 2.45) is 0 Å². The van der Waals surface area contributed by atoms with E-state index in [2.05, 4.69) is 44.8 Å². The maximum absolute atomic E-state index is 14.6. The molecule has 2 N–H and O–H groups in total. The average Bonchev–Trinajstić information content (AvgIpc) is 3.61. The molecule has 3 saturated heterocycles. The van der Waals surface area contributed by atoms with Gasteiger partial charge in [0.05, 0.1) is 5.56 Å². The third kappa shape index (κ3) is 6.34. The van der Waals surface area contributed by atoms with E-state index in [4.69, 9.17) is 4.74 Å². The molecule has 0 spiro atoms. The minimum absolute atomic E-state index is 0.0231. The molecule has 3 fully saturated rings. The largest absolute Gasteiger partial charge is 0.473 e. The fourth-order valence-electron chi connectivity index (χ4n) is 6.39. The van der Waals surface area contributed by atoms with E-state index in [1.165, 1.54) is 12.1 Å². The molecule has 3 aliphatic heterocycles. The van der Waals surface area contributed by atoms with E-state index in [-0.39, 0.29) is 17.9 Å². The van der Waals surface area contributed by atoms with Crippen molar-refractivity contribution in [2.45, 2.75) is 12.5 Å². The molecule has 4 aromatic rings. The van der Waals surface area contributed by atoms with Crippen LogP contribution in [0, 0.1) is 5.82 Å². The van der Waals surface area contributed by atoms with E-state index in [0.717, 1.165) is 73.3 Å². The molecule has 1 aromatic heterocycles. The Morgan fingerprint density at radius 3 is 2.24 bits per heavy atom. The second-order valence-electron chi connectivity index (χ2n) is 11.9. The molecule has 4 heterocycles. The van der Waals surface area contributed by atoms with Crippen molar-refractivity contribution in [1.82, 2.24) is 25.4 Å². The van der Waals surface area contributed by atoms with E-state index in [1.807, 2.05) is 24.3 Å². The third-order valence-corrected chi connectivity index (χ3v) is 8.92. The van der Waals surface area contributed by atoms with Crippen LogP contribution in [0.25, 0.3) is 21.9 Å². The summed E-state index contributed by atoms with van der Waals surface area (Å²) < 4.78 is 20.9. The normalized spacial score (nSPS) is 18.8. The Morgan fingerprint density at radius 1 is 0.778 bits per heavy atom. The minimum atomic E-state index is -0.422. The van der Waals surface area contributed by atoms with Gasteiger partial charge in [-0.15, -0.1) is 0 Å². The number of anilines is 1. The summed E-state index contributed by atoms with van der Waals surface area (Å²) in [5.74, 6) is -0.269. The van der Waals surface area contributed by atoms with E-state index in [1.54, 1.807) is 22.1 Å². The first-order valence-corrected chi connectivity index (χ1v) is 15.7. The first kappa shape index (κ1) is 29.2. The molecule has 0 aliphatic carbocycles. The Balaban J connectivity index is 1.08. The second kappa shape index (κ2) is 12.8. The number of aromatic nitrogens is 1. The van der Waals surface area contributed by atoms with Crippen LogP contribution in [0.15, 0.2) is 72.9 Å². The molecule has 0 radical (unpaired) electrons. The highest BCUT2D eigenvalue weighted by atomic mass is 19.1. The van der Waals surface area contributed by atoms with Gasteiger partial charge in [-0.25, -0.2) is 9.37 Å². The summed E-state index contributed by atoms with van der Waals surface area (Å²) in [5.41, 5.74) is 3.24. The molecule has 232 valence electrons. The Kier molecular flexibility index (Phi) is 8.32. The molecule has 0 unspecified atom stereocenters. The number of pyridine rings is 1. The van der Waals surface area contributed by atoms with Crippen molar-refractivity contribution in [3.8, 4) is 17.0 Å². The van der Waals surface area contributed by atoms with Crippen molar-refractivity contribution in [3.63, 3.8) is 0 Å². The van der Waals surface area contributed by atoms with Crippen molar-refractivity contribution < 1.29 is 18.7 Å². The monoisotopic (exact) mass is 608 g/mol. The standard InChI is InChI=1S/C35H37FN6O3/c36-29-18-27(19-30(21-29)40-11-9-37-10-12-40)34(43)41-13-15-42(16-14-41)35(44)28-20-32(33(39-22-28)45-31-7-8-38-23-31)26-6-5-24-3-1-2-4-25(24)17-26/h1-6,17-22,31,37-38H,7-16,23H2/t31-/m0/s1. The van der Waals surface area contributed by atoms with Crippen LogP contribution in [0.3, 0.4) is 0 Å². The molecule has 3 aliphatic rings. The van der Waals surface area contributed by atoms with Crippen LogP contribution in [-0.4, -0.2) is 98.1 Å². The Hall–Kier alpha value is -4.54. The predicted molar refractivity (Wildman–Crippen MR) is 172 cm³/mol. The quantitative estimate of drug-likeness (QED) is 0.344. The van der Waals surface area contributed by atoms with Crippen molar-refractivity contribution >= 4 is 28.3 Å². The average molecular weight is 609 g/mol. The predicted octanol–water partition coefficient (Wildman–Crippen LogP) is 3.79. The zero-order chi connectivity index (χ0) is 30.8. The number of carbonyl (C=O) groups is 2. The molecule has 2 amide bonds. The number of fused-ring (bicyclic) bond motifs is 1. The fraction of sp³-hybridized carbons (Fsp3) is 0.343. The molecule has 3 aromatic carbocycles. The van der Waals surface area contributed by atoms with E-state index in [0.29, 0.717) is 43.2 Å². The Labute approximate surface area is 262 Å². The second-order valence-corrected chi connectivity index (χ2v) is 11.9. The van der Waals surface area contributed by atoms with Gasteiger partial charge < -0.3 is 30.1 Å². The fourth-order valence-corrected chi connectivity index (χ4v) is 6.39. The van der Waals surface area contributed by atoms with Gasteiger partial charge >= 0.3 is 0 Å². The lowest BCUT2D eigenvalue weighted by molar-refractivity contribution is 0.0535. The van der Waals surface area contributed by atoms with Gasteiger partial charge in [0.25, 0.3) is 11.8 Å². The molecule has 10 heteroatoms. The highest BCUT2D eigenvalue weighted by Crippen LogP contribution is 2.33. The highest BCUT2D eigenvalue weighted by Gasteiger charge is 2.28. The molecular formula is C35H37FN6O3. The first-order valence-electron chi connectivity index (χ1n) is 15.7. The molecule has 45 heavy (non-hydrogen) atoms. The SMILES string of the molecule is O=C(c1cc(F)cc(N2CCNCC2)c1)N1CCN(C(=O)c2cnc(O[C@H]3CCNC3)c(-c3ccc4ccccc4c3)c2)CC1. The number of halogens is 1. The summed E-state index contributed by atoms with van der Waals surface area (Å²) in [6, 6.07) is 20.8. The topological polar surface area (TPSA) is 90.0 Å². The van der Waals surface area contributed by atoms with Gasteiger partial charge in [-0.1, -0.05) is 36.4 Å². The van der Waals surface area contributed by atoms with E-state index in [9.17, 15) is 14.0 Å². The zero-order valence-electron chi connectivity index (χ0n) is 25.2. The van der Waals surface area contributed by atoms with Gasteiger partial charge in [-0.3, -0.25) is 9.59 Å². The van der Waals surface area contributed by atoms with Gasteiger partial charge in [0.15, 0.2) is 0 Å². The maximum atomic E-state index is 14.6. The lowest BCUT2D eigenvalue weighted by Crippen LogP contribution is -2.50. The summed E-state index contributed by atoms with van der Waals surface area (Å²) in [5, 5.41) is 8.85. The molecule has 1 atom stereocenters. The number of piperazine rings is 2. The molecule has 7 rings (SSSR count). The summed E-state index contributed by atoms with van der Waals surface area (Å²) in [7, 11) is 0. The number of nitrogens with zero attached hydrogens (tertiary/aromatic N) is 4. The Morgan fingerprint density at radius 2 is 1.51 bits per heavy atom. The van der Waals surface area contributed by atoms with Gasteiger partial charge in [-0.2, -0.15) is 0 Å². The van der Waals surface area contributed by atoms with Crippen LogP contribution < -0.4 is 20.3 Å². The van der Waals surface area contributed by atoms with Crippen LogP contribution in [0.2, 0.25) is 0 Å². The number of nitrogens with one attached hydrogen (secondary N) is 2. The minimum Gasteiger partial charge on any atom is -0.473 e. The van der Waals surface area contributed by atoms with E-state index >= 15 is 0 Å². The number of rotatable bonds is 6. The summed E-state index contributed by atoms with van der Waals surface area (Å²) >= 11 is 0. The Bertz CT molecular complexity index is 1710.